The summed E-state index contributed by atoms with van der Waals surface area (Å²) in [6.45, 7) is 12.5. The minimum atomic E-state index is -3.55. The summed E-state index contributed by atoms with van der Waals surface area (Å²) < 4.78 is 25.8. The molecule has 10 nitrogen and oxygen atoms in total. The van der Waals surface area contributed by atoms with Gasteiger partial charge in [0.05, 0.1) is 33.4 Å². The molecule has 0 spiro atoms. The molecule has 1 aromatic heterocycles. The number of para-hydroxylation sites is 1. The van der Waals surface area contributed by atoms with Crippen LogP contribution in [0.15, 0.2) is 60.1 Å². The van der Waals surface area contributed by atoms with Crippen LogP contribution in [-0.4, -0.2) is 67.7 Å². The quantitative estimate of drug-likeness (QED) is 0.279. The van der Waals surface area contributed by atoms with Gasteiger partial charge >= 0.3 is 0 Å². The number of hydrogen-bond donors (Lipinski definition) is 3. The lowest BCUT2D eigenvalue weighted by atomic mass is 10.1. The molecule has 1 fully saturated rings. The fourth-order valence-corrected chi connectivity index (χ4v) is 5.84. The van der Waals surface area contributed by atoms with Gasteiger partial charge in [-0.05, 0) is 76.7 Å². The van der Waals surface area contributed by atoms with Gasteiger partial charge in [-0.25, -0.2) is 13.4 Å². The van der Waals surface area contributed by atoms with Crippen LogP contribution in [-0.2, 0) is 14.6 Å². The third kappa shape index (κ3) is 7.16. The molecule has 2 heterocycles. The first-order valence-electron chi connectivity index (χ1n) is 13.4. The number of carbonyl (C=O) groups is 1. The molecule has 0 saturated carbocycles. The predicted octanol–water partition coefficient (Wildman–Crippen LogP) is 5.37. The number of benzene rings is 2. The molecule has 0 unspecified atom stereocenters. The van der Waals surface area contributed by atoms with Crippen molar-refractivity contribution in [2.24, 2.45) is 0 Å². The number of likely N-dealkylation sites (N-methyl/N-ethyl adjacent to an activating group) is 1. The summed E-state index contributed by atoms with van der Waals surface area (Å²) in [6.07, 6.45) is 3.70. The highest BCUT2D eigenvalue weighted by Gasteiger charge is 2.23. The van der Waals surface area contributed by atoms with E-state index in [2.05, 4.69) is 49.3 Å². The van der Waals surface area contributed by atoms with Gasteiger partial charge in [-0.15, -0.1) is 0 Å². The number of carbonyl (C=O) groups excluding carboxylic acids is 1. The zero-order valence-electron chi connectivity index (χ0n) is 23.7. The molecular weight excluding hydrogens is 562 g/mol. The summed E-state index contributed by atoms with van der Waals surface area (Å²) in [4.78, 5) is 25.9. The number of anilines is 6. The Morgan fingerprint density at radius 3 is 2.56 bits per heavy atom. The summed E-state index contributed by atoms with van der Waals surface area (Å²) >= 11 is 6.41. The molecule has 218 valence electrons. The molecular formula is C29H36ClN7O3S. The van der Waals surface area contributed by atoms with E-state index < -0.39 is 15.1 Å². The fourth-order valence-electron chi connectivity index (χ4n) is 4.50. The molecule has 0 atom stereocenters. The number of nitrogens with zero attached hydrogens (tertiary/aromatic N) is 4. The third-order valence-electron chi connectivity index (χ3n) is 6.90. The van der Waals surface area contributed by atoms with Gasteiger partial charge in [-0.1, -0.05) is 30.3 Å². The van der Waals surface area contributed by atoms with E-state index in [0.29, 0.717) is 17.1 Å². The Bertz CT molecular complexity index is 1550. The number of sulfone groups is 1. The summed E-state index contributed by atoms with van der Waals surface area (Å²) in [5, 5.41) is 8.87. The highest BCUT2D eigenvalue weighted by molar-refractivity contribution is 7.92. The van der Waals surface area contributed by atoms with E-state index in [1.807, 2.05) is 19.1 Å². The van der Waals surface area contributed by atoms with Crippen molar-refractivity contribution in [2.75, 3.05) is 54.1 Å². The van der Waals surface area contributed by atoms with Crippen LogP contribution >= 0.6 is 11.6 Å². The Morgan fingerprint density at radius 2 is 1.83 bits per heavy atom. The van der Waals surface area contributed by atoms with Crippen molar-refractivity contribution in [1.82, 2.24) is 14.9 Å². The van der Waals surface area contributed by atoms with Crippen molar-refractivity contribution >= 4 is 61.9 Å². The van der Waals surface area contributed by atoms with Gasteiger partial charge in [0.15, 0.2) is 15.7 Å². The van der Waals surface area contributed by atoms with Crippen LogP contribution in [0.25, 0.3) is 0 Å². The molecule has 1 saturated heterocycles. The van der Waals surface area contributed by atoms with E-state index >= 15 is 0 Å². The highest BCUT2D eigenvalue weighted by atomic mass is 35.5. The van der Waals surface area contributed by atoms with Crippen molar-refractivity contribution in [3.8, 4) is 0 Å². The smallest absolute Gasteiger partial charge is 0.247 e. The van der Waals surface area contributed by atoms with E-state index in [0.717, 1.165) is 43.9 Å². The maximum Gasteiger partial charge on any atom is 0.247 e. The second kappa shape index (κ2) is 12.9. The minimum absolute atomic E-state index is 0.160. The molecule has 1 aliphatic rings. The van der Waals surface area contributed by atoms with E-state index in [4.69, 9.17) is 11.6 Å². The van der Waals surface area contributed by atoms with E-state index in [9.17, 15) is 13.2 Å². The van der Waals surface area contributed by atoms with Crippen molar-refractivity contribution in [2.45, 2.75) is 37.3 Å². The molecule has 2 aromatic carbocycles. The lowest BCUT2D eigenvalue weighted by Gasteiger charge is -2.27. The molecule has 0 bridgehead atoms. The van der Waals surface area contributed by atoms with Gasteiger partial charge in [-0.3, -0.25) is 4.79 Å². The first-order chi connectivity index (χ1) is 19.5. The van der Waals surface area contributed by atoms with Crippen molar-refractivity contribution in [3.63, 3.8) is 0 Å². The summed E-state index contributed by atoms with van der Waals surface area (Å²) in [5.74, 6) is 0.185. The predicted molar refractivity (Wildman–Crippen MR) is 167 cm³/mol. The Morgan fingerprint density at radius 1 is 1.07 bits per heavy atom. The summed E-state index contributed by atoms with van der Waals surface area (Å²) in [5.41, 5.74) is 3.56. The normalized spacial score (nSPS) is 14.4. The first kappa shape index (κ1) is 30.3. The number of nitrogens with one attached hydrogen (secondary N) is 3. The monoisotopic (exact) mass is 597 g/mol. The van der Waals surface area contributed by atoms with Crippen molar-refractivity contribution < 1.29 is 13.2 Å². The van der Waals surface area contributed by atoms with Gasteiger partial charge in [0, 0.05) is 25.3 Å². The van der Waals surface area contributed by atoms with Crippen molar-refractivity contribution in [3.05, 3.63) is 65.8 Å². The third-order valence-corrected chi connectivity index (χ3v) is 9.39. The van der Waals surface area contributed by atoms with Crippen LogP contribution in [0.3, 0.4) is 0 Å². The molecule has 0 radical (unpaired) electrons. The highest BCUT2D eigenvalue weighted by Crippen LogP contribution is 2.35. The zero-order valence-corrected chi connectivity index (χ0v) is 25.3. The van der Waals surface area contributed by atoms with Gasteiger partial charge in [-0.2, -0.15) is 4.98 Å². The second-order valence-electron chi connectivity index (χ2n) is 10.3. The average molecular weight is 598 g/mol. The van der Waals surface area contributed by atoms with Crippen LogP contribution in [0.1, 0.15) is 25.8 Å². The van der Waals surface area contributed by atoms with Crippen LogP contribution in [0.2, 0.25) is 5.02 Å². The number of aromatic nitrogens is 2. The number of hydrogen-bond acceptors (Lipinski definition) is 9. The first-order valence-corrected chi connectivity index (χ1v) is 15.3. The van der Waals surface area contributed by atoms with E-state index in [1.54, 1.807) is 38.1 Å². The standard InChI is InChI=1S/C29H36ClN7O3S/c1-6-27(38)32-24-17-23(20(4)16-25(24)37-13-9-12-36(5)14-15-37)34-29-31-18-21(30)28(35-29)33-22-10-7-8-11-26(22)41(39,40)19(2)3/h6-8,10-11,16-19H,1,9,12-15H2,2-5H3,(H,32,38)(H2,31,33,34,35). The summed E-state index contributed by atoms with van der Waals surface area (Å²) in [7, 11) is -1.44. The van der Waals surface area contributed by atoms with Crippen molar-refractivity contribution in [1.29, 1.82) is 0 Å². The fraction of sp³-hybridized carbons (Fsp3) is 0.345. The Labute approximate surface area is 246 Å². The topological polar surface area (TPSA) is 120 Å². The molecule has 3 aromatic rings. The number of rotatable bonds is 9. The Hall–Kier alpha value is -3.67. The average Bonchev–Trinajstić information content (AvgIpc) is 3.16. The molecule has 4 rings (SSSR count). The molecule has 3 N–H and O–H groups in total. The van der Waals surface area contributed by atoms with Crippen LogP contribution in [0.5, 0.6) is 0 Å². The molecule has 0 aliphatic carbocycles. The second-order valence-corrected chi connectivity index (χ2v) is 13.1. The lowest BCUT2D eigenvalue weighted by Crippen LogP contribution is -2.29. The SMILES string of the molecule is C=CC(=O)Nc1cc(Nc2ncc(Cl)c(Nc3ccccc3S(=O)(=O)C(C)C)n2)c(C)cc1N1CCCN(C)CC1. The van der Waals surface area contributed by atoms with Crippen LogP contribution in [0, 0.1) is 6.92 Å². The molecule has 41 heavy (non-hydrogen) atoms. The van der Waals surface area contributed by atoms with E-state index in [-0.39, 0.29) is 27.6 Å². The maximum absolute atomic E-state index is 12.9. The van der Waals surface area contributed by atoms with Crippen LogP contribution < -0.4 is 20.9 Å². The largest absolute Gasteiger partial charge is 0.369 e. The van der Waals surface area contributed by atoms with Gasteiger partial charge in [0.2, 0.25) is 11.9 Å². The maximum atomic E-state index is 12.9. The summed E-state index contributed by atoms with van der Waals surface area (Å²) in [6, 6.07) is 10.5. The van der Waals surface area contributed by atoms with Gasteiger partial charge in [0.1, 0.15) is 5.02 Å². The molecule has 1 amide bonds. The molecule has 1 aliphatic heterocycles. The van der Waals surface area contributed by atoms with Gasteiger partial charge < -0.3 is 25.8 Å². The lowest BCUT2D eigenvalue weighted by molar-refractivity contribution is -0.111. The Kier molecular flexibility index (Phi) is 9.52. The van der Waals surface area contributed by atoms with Crippen LogP contribution in [0.4, 0.5) is 34.5 Å². The number of aryl methyl sites for hydroxylation is 1. The van der Waals surface area contributed by atoms with Gasteiger partial charge in [0.25, 0.3) is 0 Å². The Balaban J connectivity index is 1.66. The molecule has 12 heteroatoms. The van der Waals surface area contributed by atoms with E-state index in [1.165, 1.54) is 12.3 Å². The zero-order chi connectivity index (χ0) is 29.7. The minimum Gasteiger partial charge on any atom is -0.369 e. The number of halogens is 1. The number of amides is 1.